The van der Waals surface area contributed by atoms with E-state index in [1.807, 2.05) is 37.0 Å². The second-order valence-electron chi connectivity index (χ2n) is 2.90. The van der Waals surface area contributed by atoms with Crippen molar-refractivity contribution >= 4 is 35.0 Å². The van der Waals surface area contributed by atoms with Gasteiger partial charge in [-0.25, -0.2) is 0 Å². The number of hydrogen-bond donors (Lipinski definition) is 1. The van der Waals surface area contributed by atoms with E-state index in [0.717, 1.165) is 18.1 Å². The van der Waals surface area contributed by atoms with Crippen molar-refractivity contribution in [2.24, 2.45) is 0 Å². The third-order valence-corrected chi connectivity index (χ3v) is 3.52. The molecule has 0 aromatic heterocycles. The van der Waals surface area contributed by atoms with Crippen LogP contribution in [0.5, 0.6) is 0 Å². The molecule has 1 aromatic carbocycles. The predicted molar refractivity (Wildman–Crippen MR) is 66.6 cm³/mol. The topological polar surface area (TPSA) is 12.0 Å². The molecule has 0 bridgehead atoms. The minimum Gasteiger partial charge on any atom is -0.319 e. The third-order valence-electron chi connectivity index (χ3n) is 1.75. The highest BCUT2D eigenvalue weighted by atomic mass is 35.5. The van der Waals surface area contributed by atoms with Crippen molar-refractivity contribution in [3.8, 4) is 0 Å². The van der Waals surface area contributed by atoms with E-state index >= 15 is 0 Å². The molecule has 0 atom stereocenters. The highest BCUT2D eigenvalue weighted by Crippen LogP contribution is 2.24. The highest BCUT2D eigenvalue weighted by Gasteiger charge is 1.99. The smallest absolute Gasteiger partial charge is 0.0595 e. The summed E-state index contributed by atoms with van der Waals surface area (Å²) < 4.78 is 0. The maximum atomic E-state index is 5.90. The molecule has 78 valence electrons. The molecule has 0 aliphatic rings. The van der Waals surface area contributed by atoms with Crippen molar-refractivity contribution < 1.29 is 0 Å². The lowest BCUT2D eigenvalue weighted by Gasteiger charge is -2.03. The summed E-state index contributed by atoms with van der Waals surface area (Å²) in [6.45, 7) is 1.03. The molecule has 0 unspecified atom stereocenters. The minimum atomic E-state index is 0.621. The maximum absolute atomic E-state index is 5.90. The number of thioether (sulfide) groups is 1. The van der Waals surface area contributed by atoms with Crippen LogP contribution in [-0.4, -0.2) is 19.3 Å². The molecule has 0 amide bonds. The Balaban J connectivity index is 2.39. The van der Waals surface area contributed by atoms with Gasteiger partial charge in [-0.1, -0.05) is 29.3 Å². The van der Waals surface area contributed by atoms with Gasteiger partial charge >= 0.3 is 0 Å². The molecule has 0 saturated heterocycles. The van der Waals surface area contributed by atoms with Gasteiger partial charge in [0.15, 0.2) is 0 Å². The first kappa shape index (κ1) is 12.2. The molecule has 0 spiro atoms. The normalized spacial score (nSPS) is 10.5. The number of benzene rings is 1. The molecular formula is C10H13Cl2NS. The summed E-state index contributed by atoms with van der Waals surface area (Å²) in [7, 11) is 1.96. The van der Waals surface area contributed by atoms with E-state index in [1.54, 1.807) is 0 Å². The highest BCUT2D eigenvalue weighted by molar-refractivity contribution is 7.98. The zero-order valence-corrected chi connectivity index (χ0v) is 10.3. The van der Waals surface area contributed by atoms with Crippen molar-refractivity contribution in [2.45, 2.75) is 5.75 Å². The molecule has 4 heteroatoms. The number of nitrogens with one attached hydrogen (secondary N) is 1. The van der Waals surface area contributed by atoms with Crippen LogP contribution in [-0.2, 0) is 5.75 Å². The fourth-order valence-electron chi connectivity index (χ4n) is 0.994. The second-order valence-corrected chi connectivity index (χ2v) is 4.82. The molecule has 0 aliphatic heterocycles. The quantitative estimate of drug-likeness (QED) is 0.803. The summed E-state index contributed by atoms with van der Waals surface area (Å²) in [5.74, 6) is 2.09. The summed E-state index contributed by atoms with van der Waals surface area (Å²) in [5, 5.41) is 4.36. The third kappa shape index (κ3) is 4.09. The van der Waals surface area contributed by atoms with Crippen molar-refractivity contribution in [1.29, 1.82) is 0 Å². The van der Waals surface area contributed by atoms with Crippen LogP contribution in [0.1, 0.15) is 5.56 Å². The first-order valence-corrected chi connectivity index (χ1v) is 6.31. The lowest BCUT2D eigenvalue weighted by Crippen LogP contribution is -2.09. The monoisotopic (exact) mass is 249 g/mol. The maximum Gasteiger partial charge on any atom is 0.0595 e. The Kier molecular flexibility index (Phi) is 5.71. The molecule has 0 fully saturated rings. The summed E-state index contributed by atoms with van der Waals surface area (Å²) in [6, 6.07) is 5.79. The second kappa shape index (κ2) is 6.57. The Labute approximate surface area is 99.2 Å². The first-order valence-electron chi connectivity index (χ1n) is 4.40. The van der Waals surface area contributed by atoms with Gasteiger partial charge in [0.25, 0.3) is 0 Å². The zero-order valence-electron chi connectivity index (χ0n) is 8.02. The lowest BCUT2D eigenvalue weighted by atomic mass is 10.2. The number of rotatable bonds is 5. The van der Waals surface area contributed by atoms with E-state index in [-0.39, 0.29) is 0 Å². The van der Waals surface area contributed by atoms with Gasteiger partial charge in [-0.2, -0.15) is 11.8 Å². The van der Waals surface area contributed by atoms with E-state index in [0.29, 0.717) is 10.0 Å². The largest absolute Gasteiger partial charge is 0.319 e. The molecule has 1 rings (SSSR count). The van der Waals surface area contributed by atoms with E-state index in [4.69, 9.17) is 23.2 Å². The van der Waals surface area contributed by atoms with Crippen LogP contribution in [0.15, 0.2) is 18.2 Å². The number of halogens is 2. The zero-order chi connectivity index (χ0) is 10.4. The molecule has 0 radical (unpaired) electrons. The van der Waals surface area contributed by atoms with Gasteiger partial charge < -0.3 is 5.32 Å². The molecule has 14 heavy (non-hydrogen) atoms. The molecule has 0 saturated carbocycles. The van der Waals surface area contributed by atoms with Gasteiger partial charge in [0.2, 0.25) is 0 Å². The Morgan fingerprint density at radius 2 is 2.07 bits per heavy atom. The summed E-state index contributed by atoms with van der Waals surface area (Å²) in [4.78, 5) is 0. The van der Waals surface area contributed by atoms with Gasteiger partial charge in [-0.05, 0) is 24.7 Å². The molecule has 0 aliphatic carbocycles. The SMILES string of the molecule is CNCCSCc1ccc(Cl)c(Cl)c1. The van der Waals surface area contributed by atoms with E-state index in [2.05, 4.69) is 5.32 Å². The van der Waals surface area contributed by atoms with Gasteiger partial charge in [0, 0.05) is 18.1 Å². The predicted octanol–water partition coefficient (Wildman–Crippen LogP) is 3.45. The van der Waals surface area contributed by atoms with Crippen molar-refractivity contribution in [2.75, 3.05) is 19.3 Å². The Hall–Kier alpha value is 0.110. The minimum absolute atomic E-state index is 0.621. The number of hydrogen-bond acceptors (Lipinski definition) is 2. The van der Waals surface area contributed by atoms with E-state index in [9.17, 15) is 0 Å². The van der Waals surface area contributed by atoms with Crippen molar-refractivity contribution in [1.82, 2.24) is 5.32 Å². The molecule has 1 nitrogen and oxygen atoms in total. The van der Waals surface area contributed by atoms with Gasteiger partial charge in [-0.15, -0.1) is 0 Å². The van der Waals surface area contributed by atoms with Crippen molar-refractivity contribution in [3.05, 3.63) is 33.8 Å². The van der Waals surface area contributed by atoms with Crippen LogP contribution < -0.4 is 5.32 Å². The van der Waals surface area contributed by atoms with Gasteiger partial charge in [-0.3, -0.25) is 0 Å². The van der Waals surface area contributed by atoms with Gasteiger partial charge in [0.1, 0.15) is 0 Å². The molecule has 1 aromatic rings. The summed E-state index contributed by atoms with van der Waals surface area (Å²) in [5.41, 5.74) is 1.22. The summed E-state index contributed by atoms with van der Waals surface area (Å²) >= 11 is 13.6. The molecule has 1 N–H and O–H groups in total. The van der Waals surface area contributed by atoms with Crippen LogP contribution in [0.25, 0.3) is 0 Å². The Morgan fingerprint density at radius 1 is 1.29 bits per heavy atom. The average molecular weight is 250 g/mol. The fraction of sp³-hybridized carbons (Fsp3) is 0.400. The Morgan fingerprint density at radius 3 is 2.71 bits per heavy atom. The average Bonchev–Trinajstić information content (AvgIpc) is 2.18. The van der Waals surface area contributed by atoms with Crippen LogP contribution in [0.2, 0.25) is 10.0 Å². The first-order chi connectivity index (χ1) is 6.74. The van der Waals surface area contributed by atoms with Gasteiger partial charge in [0.05, 0.1) is 10.0 Å². The van der Waals surface area contributed by atoms with Crippen LogP contribution >= 0.6 is 35.0 Å². The van der Waals surface area contributed by atoms with Crippen LogP contribution in [0.4, 0.5) is 0 Å². The fourth-order valence-corrected chi connectivity index (χ4v) is 2.22. The van der Waals surface area contributed by atoms with E-state index < -0.39 is 0 Å². The molecular weight excluding hydrogens is 237 g/mol. The Bertz CT molecular complexity index is 291. The summed E-state index contributed by atoms with van der Waals surface area (Å²) in [6.07, 6.45) is 0. The van der Waals surface area contributed by atoms with Crippen molar-refractivity contribution in [3.63, 3.8) is 0 Å². The lowest BCUT2D eigenvalue weighted by molar-refractivity contribution is 0.872. The van der Waals surface area contributed by atoms with Crippen LogP contribution in [0.3, 0.4) is 0 Å². The molecule has 0 heterocycles. The van der Waals surface area contributed by atoms with E-state index in [1.165, 1.54) is 5.56 Å². The van der Waals surface area contributed by atoms with Crippen LogP contribution in [0, 0.1) is 0 Å². The standard InChI is InChI=1S/C10H13Cl2NS/c1-13-4-5-14-7-8-2-3-9(11)10(12)6-8/h2-3,6,13H,4-5,7H2,1H3.